The van der Waals surface area contributed by atoms with Crippen LogP contribution in [0, 0.1) is 35.5 Å². The van der Waals surface area contributed by atoms with Crippen LogP contribution in [0.4, 0.5) is 0 Å². The van der Waals surface area contributed by atoms with E-state index in [-0.39, 0.29) is 6.10 Å². The highest BCUT2D eigenvalue weighted by molar-refractivity contribution is 5.12. The molecular weight excluding hydrogens is 172 g/mol. The largest absolute Gasteiger partial charge is 0.393 e. The van der Waals surface area contributed by atoms with E-state index in [1.807, 2.05) is 0 Å². The predicted molar refractivity (Wildman–Crippen MR) is 54.6 cm³/mol. The summed E-state index contributed by atoms with van der Waals surface area (Å²) in [5.74, 6) is 5.40. The van der Waals surface area contributed by atoms with Gasteiger partial charge in [-0.15, -0.1) is 0 Å². The summed E-state index contributed by atoms with van der Waals surface area (Å²) < 4.78 is 0. The van der Waals surface area contributed by atoms with Gasteiger partial charge in [-0.3, -0.25) is 0 Å². The van der Waals surface area contributed by atoms with Gasteiger partial charge in [0.1, 0.15) is 0 Å². The van der Waals surface area contributed by atoms with Crippen molar-refractivity contribution in [3.63, 3.8) is 0 Å². The summed E-state index contributed by atoms with van der Waals surface area (Å²) in [6.07, 6.45) is 8.54. The number of aliphatic hydroxyl groups excluding tert-OH is 1. The second-order valence-electron chi connectivity index (χ2n) is 6.23. The molecule has 6 atom stereocenters. The van der Waals surface area contributed by atoms with Gasteiger partial charge in [0.25, 0.3) is 0 Å². The molecule has 4 rings (SSSR count). The van der Waals surface area contributed by atoms with Gasteiger partial charge in [0.05, 0.1) is 6.10 Å². The van der Waals surface area contributed by atoms with Crippen molar-refractivity contribution in [2.45, 2.75) is 44.6 Å². The van der Waals surface area contributed by atoms with Gasteiger partial charge in [0.15, 0.2) is 0 Å². The summed E-state index contributed by atoms with van der Waals surface area (Å²) in [7, 11) is 0. The Balaban J connectivity index is 1.74. The first-order valence-corrected chi connectivity index (χ1v) is 6.54. The number of fused-ring (bicyclic) bond motifs is 9. The molecule has 4 saturated carbocycles. The molecule has 4 aliphatic carbocycles. The lowest BCUT2D eigenvalue weighted by molar-refractivity contribution is -0.0311. The van der Waals surface area contributed by atoms with Crippen LogP contribution in [0.15, 0.2) is 0 Å². The van der Waals surface area contributed by atoms with Gasteiger partial charge >= 0.3 is 0 Å². The molecule has 4 fully saturated rings. The van der Waals surface area contributed by atoms with Gasteiger partial charge in [-0.25, -0.2) is 0 Å². The molecule has 0 heterocycles. The Morgan fingerprint density at radius 1 is 0.643 bits per heavy atom. The molecule has 1 N–H and O–H groups in total. The number of rotatable bonds is 0. The fourth-order valence-electron chi connectivity index (χ4n) is 5.22. The monoisotopic (exact) mass is 192 g/mol. The molecule has 0 amide bonds. The molecule has 0 aromatic carbocycles. The van der Waals surface area contributed by atoms with Crippen LogP contribution in [-0.4, -0.2) is 11.2 Å². The third-order valence-corrected chi connectivity index (χ3v) is 5.84. The first-order chi connectivity index (χ1) is 6.86. The van der Waals surface area contributed by atoms with Gasteiger partial charge in [0, 0.05) is 0 Å². The molecular formula is C13H20O. The summed E-state index contributed by atoms with van der Waals surface area (Å²) in [6, 6.07) is 0. The van der Waals surface area contributed by atoms with E-state index in [1.54, 1.807) is 0 Å². The molecule has 14 heavy (non-hydrogen) atoms. The van der Waals surface area contributed by atoms with E-state index >= 15 is 0 Å². The Hall–Kier alpha value is -0.0400. The highest BCUT2D eigenvalue weighted by Crippen LogP contribution is 2.68. The van der Waals surface area contributed by atoms with Crippen LogP contribution in [0.25, 0.3) is 0 Å². The second-order valence-corrected chi connectivity index (χ2v) is 6.23. The van der Waals surface area contributed by atoms with Crippen LogP contribution >= 0.6 is 0 Å². The maximum Gasteiger partial charge on any atom is 0.0602 e. The lowest BCUT2D eigenvalue weighted by atomic mass is 9.68. The normalized spacial score (nSPS) is 64.5. The number of aliphatic hydroxyl groups is 1. The van der Waals surface area contributed by atoms with Crippen molar-refractivity contribution in [2.24, 2.45) is 35.5 Å². The van der Waals surface area contributed by atoms with Gasteiger partial charge in [0.2, 0.25) is 0 Å². The summed E-state index contributed by atoms with van der Waals surface area (Å²) in [5.41, 5.74) is 0. The second kappa shape index (κ2) is 2.55. The van der Waals surface area contributed by atoms with E-state index in [0.717, 1.165) is 23.7 Å². The average Bonchev–Trinajstić information content (AvgIpc) is 2.93. The molecule has 1 nitrogen and oxygen atoms in total. The Labute approximate surface area is 85.9 Å². The lowest BCUT2D eigenvalue weighted by Crippen LogP contribution is -2.40. The fourth-order valence-corrected chi connectivity index (χ4v) is 5.22. The average molecular weight is 192 g/mol. The Morgan fingerprint density at radius 2 is 1.07 bits per heavy atom. The molecule has 0 aromatic rings. The molecule has 0 saturated heterocycles. The summed E-state index contributed by atoms with van der Waals surface area (Å²) in [6.45, 7) is 0. The maximum atomic E-state index is 10.4. The molecule has 0 aliphatic heterocycles. The highest BCUT2D eigenvalue weighted by Gasteiger charge is 2.63. The van der Waals surface area contributed by atoms with E-state index in [4.69, 9.17) is 0 Å². The van der Waals surface area contributed by atoms with Crippen molar-refractivity contribution in [3.05, 3.63) is 0 Å². The van der Waals surface area contributed by atoms with Crippen LogP contribution in [0.1, 0.15) is 38.5 Å². The first kappa shape index (κ1) is 8.15. The lowest BCUT2D eigenvalue weighted by Gasteiger charge is -2.40. The molecule has 0 spiro atoms. The SMILES string of the molecule is OC1C2CCCCC1C1CC2C2CC12. The van der Waals surface area contributed by atoms with Gasteiger partial charge in [-0.1, -0.05) is 12.8 Å². The first-order valence-electron chi connectivity index (χ1n) is 6.54. The zero-order valence-corrected chi connectivity index (χ0v) is 8.73. The predicted octanol–water partition coefficient (Wildman–Crippen LogP) is 2.44. The molecule has 4 bridgehead atoms. The van der Waals surface area contributed by atoms with Crippen LogP contribution < -0.4 is 0 Å². The zero-order valence-electron chi connectivity index (χ0n) is 8.73. The fraction of sp³-hybridized carbons (Fsp3) is 1.00. The smallest absolute Gasteiger partial charge is 0.0602 e. The quantitative estimate of drug-likeness (QED) is 0.625. The van der Waals surface area contributed by atoms with Crippen LogP contribution in [0.2, 0.25) is 0 Å². The minimum Gasteiger partial charge on any atom is -0.393 e. The minimum atomic E-state index is 0.0917. The van der Waals surface area contributed by atoms with Gasteiger partial charge in [-0.05, 0) is 61.2 Å². The van der Waals surface area contributed by atoms with Crippen LogP contribution in [0.3, 0.4) is 0 Å². The van der Waals surface area contributed by atoms with Gasteiger partial charge < -0.3 is 5.11 Å². The van der Waals surface area contributed by atoms with E-state index in [0.29, 0.717) is 11.8 Å². The van der Waals surface area contributed by atoms with E-state index in [9.17, 15) is 5.11 Å². The van der Waals surface area contributed by atoms with Crippen molar-refractivity contribution in [1.82, 2.24) is 0 Å². The Morgan fingerprint density at radius 3 is 1.57 bits per heavy atom. The summed E-state index contributed by atoms with van der Waals surface area (Å²) >= 11 is 0. The number of hydrogen-bond donors (Lipinski definition) is 1. The molecule has 4 aliphatic rings. The zero-order chi connectivity index (χ0) is 9.28. The van der Waals surface area contributed by atoms with Crippen molar-refractivity contribution >= 4 is 0 Å². The van der Waals surface area contributed by atoms with E-state index < -0.39 is 0 Å². The summed E-state index contributed by atoms with van der Waals surface area (Å²) in [4.78, 5) is 0. The van der Waals surface area contributed by atoms with Crippen LogP contribution in [0.5, 0.6) is 0 Å². The maximum absolute atomic E-state index is 10.4. The Bertz CT molecular complexity index is 238. The van der Waals surface area contributed by atoms with E-state index in [1.165, 1.54) is 38.5 Å². The van der Waals surface area contributed by atoms with Crippen molar-refractivity contribution < 1.29 is 5.11 Å². The third kappa shape index (κ3) is 0.856. The molecule has 0 aromatic heterocycles. The molecule has 6 unspecified atom stereocenters. The molecule has 78 valence electrons. The number of hydrogen-bond acceptors (Lipinski definition) is 1. The van der Waals surface area contributed by atoms with Crippen molar-refractivity contribution in [2.75, 3.05) is 0 Å². The van der Waals surface area contributed by atoms with Crippen molar-refractivity contribution in [3.8, 4) is 0 Å². The highest BCUT2D eigenvalue weighted by atomic mass is 16.3. The molecule has 0 radical (unpaired) electrons. The topological polar surface area (TPSA) is 20.2 Å². The molecule has 1 heteroatoms. The van der Waals surface area contributed by atoms with E-state index in [2.05, 4.69) is 0 Å². The standard InChI is InChI=1S/C13H20O/c14-13-7-3-1-2-4-8(13)10-5-9(7)11-6-12(10)11/h7-14H,1-6H2. The van der Waals surface area contributed by atoms with Crippen molar-refractivity contribution in [1.29, 1.82) is 0 Å². The summed E-state index contributed by atoms with van der Waals surface area (Å²) in [5, 5.41) is 10.4. The minimum absolute atomic E-state index is 0.0917. The van der Waals surface area contributed by atoms with Crippen LogP contribution in [-0.2, 0) is 0 Å². The van der Waals surface area contributed by atoms with Gasteiger partial charge in [-0.2, -0.15) is 0 Å². The third-order valence-electron chi connectivity index (χ3n) is 5.84. The Kier molecular flexibility index (Phi) is 1.49.